The molecular weight excluding hydrogens is 331 g/mol. The van der Waals surface area contributed by atoms with Crippen LogP contribution >= 0.6 is 0 Å². The highest BCUT2D eigenvalue weighted by Crippen LogP contribution is 2.44. The van der Waals surface area contributed by atoms with Crippen LogP contribution in [-0.2, 0) is 28.7 Å². The molecule has 3 nitrogen and oxygen atoms in total. The summed E-state index contributed by atoms with van der Waals surface area (Å²) < 4.78 is 39.0. The lowest BCUT2D eigenvalue weighted by Crippen LogP contribution is -2.40. The van der Waals surface area contributed by atoms with Crippen molar-refractivity contribution in [2.45, 2.75) is 25.1 Å². The van der Waals surface area contributed by atoms with Crippen molar-refractivity contribution in [3.05, 3.63) is 70.8 Å². The third-order valence-electron chi connectivity index (χ3n) is 4.42. The molecule has 1 aliphatic rings. The van der Waals surface area contributed by atoms with Gasteiger partial charge in [-0.3, -0.25) is 4.79 Å². The summed E-state index contributed by atoms with van der Waals surface area (Å²) in [4.78, 5) is 25.0. The molecule has 0 bridgehead atoms. The summed E-state index contributed by atoms with van der Waals surface area (Å²) in [5.74, 6) is -0.941. The van der Waals surface area contributed by atoms with Crippen molar-refractivity contribution in [2.75, 3.05) is 6.54 Å². The van der Waals surface area contributed by atoms with Crippen LogP contribution in [0.3, 0.4) is 0 Å². The quantitative estimate of drug-likeness (QED) is 0.776. The Morgan fingerprint density at radius 2 is 1.84 bits per heavy atom. The van der Waals surface area contributed by atoms with Gasteiger partial charge in [-0.05, 0) is 29.2 Å². The van der Waals surface area contributed by atoms with Crippen LogP contribution in [0.4, 0.5) is 13.2 Å². The molecular formula is C19H16F3NO2. The number of nitrogens with zero attached hydrogens (tertiary/aromatic N) is 1. The Labute approximate surface area is 143 Å². The van der Waals surface area contributed by atoms with Crippen LogP contribution in [0.25, 0.3) is 0 Å². The van der Waals surface area contributed by atoms with E-state index in [0.29, 0.717) is 11.8 Å². The molecule has 0 aromatic heterocycles. The SMILES string of the molecule is O=CCN(Cc1ccccc1)C(=O)C1Cc2c1cccc2C(F)(F)F. The van der Waals surface area contributed by atoms with E-state index >= 15 is 0 Å². The Kier molecular flexibility index (Phi) is 4.61. The van der Waals surface area contributed by atoms with Crippen molar-refractivity contribution in [2.24, 2.45) is 0 Å². The lowest BCUT2D eigenvalue weighted by atomic mass is 9.74. The highest BCUT2D eigenvalue weighted by atomic mass is 19.4. The number of amides is 1. The van der Waals surface area contributed by atoms with Gasteiger partial charge in [0.25, 0.3) is 0 Å². The van der Waals surface area contributed by atoms with Crippen molar-refractivity contribution in [3.8, 4) is 0 Å². The fourth-order valence-corrected chi connectivity index (χ4v) is 3.17. The summed E-state index contributed by atoms with van der Waals surface area (Å²) in [6, 6.07) is 13.1. The summed E-state index contributed by atoms with van der Waals surface area (Å²) in [6.07, 6.45) is -3.74. The van der Waals surface area contributed by atoms with Gasteiger partial charge in [0, 0.05) is 6.54 Å². The lowest BCUT2D eigenvalue weighted by Gasteiger charge is -2.35. The molecule has 1 amide bonds. The summed E-state index contributed by atoms with van der Waals surface area (Å²) in [5, 5.41) is 0. The maximum absolute atomic E-state index is 13.0. The zero-order valence-electron chi connectivity index (χ0n) is 13.3. The first kappa shape index (κ1) is 17.2. The molecule has 2 aromatic carbocycles. The standard InChI is InChI=1S/C19H16F3NO2/c20-19(21,22)17-8-4-7-14-15(17)11-16(14)18(25)23(9-10-24)12-13-5-2-1-3-6-13/h1-8,10,16H,9,11-12H2. The Bertz CT molecular complexity index is 787. The smallest absolute Gasteiger partial charge is 0.331 e. The summed E-state index contributed by atoms with van der Waals surface area (Å²) >= 11 is 0. The molecule has 0 fully saturated rings. The normalized spacial score (nSPS) is 15.9. The molecule has 130 valence electrons. The number of rotatable bonds is 5. The van der Waals surface area contributed by atoms with Gasteiger partial charge in [-0.2, -0.15) is 13.2 Å². The maximum atomic E-state index is 13.0. The number of aldehydes is 1. The van der Waals surface area contributed by atoms with Crippen molar-refractivity contribution in [1.82, 2.24) is 4.90 Å². The zero-order valence-corrected chi connectivity index (χ0v) is 13.3. The van der Waals surface area contributed by atoms with Crippen molar-refractivity contribution < 1.29 is 22.8 Å². The number of alkyl halides is 3. The van der Waals surface area contributed by atoms with Crippen LogP contribution in [0.15, 0.2) is 48.5 Å². The number of fused-ring (bicyclic) bond motifs is 1. The number of halogens is 3. The second-order valence-electron chi connectivity index (χ2n) is 6.00. The molecule has 1 unspecified atom stereocenters. The second kappa shape index (κ2) is 6.70. The molecule has 0 saturated heterocycles. The van der Waals surface area contributed by atoms with E-state index in [4.69, 9.17) is 0 Å². The van der Waals surface area contributed by atoms with Gasteiger partial charge < -0.3 is 9.69 Å². The molecule has 0 spiro atoms. The Hall–Kier alpha value is -2.63. The Morgan fingerprint density at radius 3 is 2.48 bits per heavy atom. The van der Waals surface area contributed by atoms with E-state index in [0.717, 1.165) is 11.6 Å². The van der Waals surface area contributed by atoms with Crippen LogP contribution in [-0.4, -0.2) is 23.6 Å². The molecule has 2 aromatic rings. The highest BCUT2D eigenvalue weighted by molar-refractivity contribution is 5.88. The largest absolute Gasteiger partial charge is 0.416 e. The summed E-state index contributed by atoms with van der Waals surface area (Å²) in [7, 11) is 0. The number of carbonyl (C=O) groups is 2. The monoisotopic (exact) mass is 347 g/mol. The molecule has 0 aliphatic heterocycles. The van der Waals surface area contributed by atoms with E-state index < -0.39 is 17.7 Å². The predicted octanol–water partition coefficient (Wildman–Crippen LogP) is 3.57. The van der Waals surface area contributed by atoms with E-state index in [9.17, 15) is 22.8 Å². The van der Waals surface area contributed by atoms with Crippen LogP contribution in [0.5, 0.6) is 0 Å². The third kappa shape index (κ3) is 3.43. The summed E-state index contributed by atoms with van der Waals surface area (Å²) in [5.41, 5.74) is 0.767. The third-order valence-corrected chi connectivity index (χ3v) is 4.42. The van der Waals surface area contributed by atoms with Crippen molar-refractivity contribution in [1.29, 1.82) is 0 Å². The van der Waals surface area contributed by atoms with E-state index in [-0.39, 0.29) is 31.0 Å². The first-order valence-corrected chi connectivity index (χ1v) is 7.87. The number of carbonyl (C=O) groups excluding carboxylic acids is 2. The van der Waals surface area contributed by atoms with Gasteiger partial charge in [-0.15, -0.1) is 0 Å². The van der Waals surface area contributed by atoms with E-state index in [2.05, 4.69) is 0 Å². The van der Waals surface area contributed by atoms with Gasteiger partial charge in [-0.25, -0.2) is 0 Å². The molecule has 0 N–H and O–H groups in total. The maximum Gasteiger partial charge on any atom is 0.416 e. The fraction of sp³-hybridized carbons (Fsp3) is 0.263. The Balaban J connectivity index is 1.82. The van der Waals surface area contributed by atoms with Crippen LogP contribution in [0, 0.1) is 0 Å². The average molecular weight is 347 g/mol. The van der Waals surface area contributed by atoms with E-state index in [1.165, 1.54) is 11.0 Å². The molecule has 0 heterocycles. The molecule has 3 rings (SSSR count). The minimum Gasteiger partial charge on any atom is -0.331 e. The molecule has 25 heavy (non-hydrogen) atoms. The number of benzene rings is 2. The molecule has 1 atom stereocenters. The van der Waals surface area contributed by atoms with Gasteiger partial charge in [0.05, 0.1) is 18.0 Å². The van der Waals surface area contributed by atoms with Crippen LogP contribution < -0.4 is 0 Å². The number of hydrogen-bond acceptors (Lipinski definition) is 2. The van der Waals surface area contributed by atoms with E-state index in [1.54, 1.807) is 6.07 Å². The lowest BCUT2D eigenvalue weighted by molar-refractivity contribution is -0.140. The molecule has 6 heteroatoms. The van der Waals surface area contributed by atoms with Crippen molar-refractivity contribution in [3.63, 3.8) is 0 Å². The topological polar surface area (TPSA) is 37.4 Å². The van der Waals surface area contributed by atoms with Gasteiger partial charge in [0.2, 0.25) is 5.91 Å². The Morgan fingerprint density at radius 1 is 1.12 bits per heavy atom. The van der Waals surface area contributed by atoms with Gasteiger partial charge in [0.15, 0.2) is 0 Å². The first-order chi connectivity index (χ1) is 11.9. The van der Waals surface area contributed by atoms with Crippen LogP contribution in [0.1, 0.15) is 28.2 Å². The highest BCUT2D eigenvalue weighted by Gasteiger charge is 2.42. The molecule has 1 aliphatic carbocycles. The first-order valence-electron chi connectivity index (χ1n) is 7.87. The number of hydrogen-bond donors (Lipinski definition) is 0. The fourth-order valence-electron chi connectivity index (χ4n) is 3.17. The molecule has 0 radical (unpaired) electrons. The summed E-state index contributed by atoms with van der Waals surface area (Å²) in [6.45, 7) is 0.168. The minimum absolute atomic E-state index is 0.0496. The van der Waals surface area contributed by atoms with E-state index in [1.807, 2.05) is 30.3 Å². The van der Waals surface area contributed by atoms with Gasteiger partial charge in [0.1, 0.15) is 6.29 Å². The van der Waals surface area contributed by atoms with Crippen molar-refractivity contribution >= 4 is 12.2 Å². The average Bonchev–Trinajstić information content (AvgIpc) is 2.55. The van der Waals surface area contributed by atoms with Crippen LogP contribution in [0.2, 0.25) is 0 Å². The predicted molar refractivity (Wildman–Crippen MR) is 85.8 cm³/mol. The zero-order chi connectivity index (χ0) is 18.0. The molecule has 0 saturated carbocycles. The van der Waals surface area contributed by atoms with Gasteiger partial charge in [-0.1, -0.05) is 42.5 Å². The minimum atomic E-state index is -4.42. The second-order valence-corrected chi connectivity index (χ2v) is 6.00. The van der Waals surface area contributed by atoms with Gasteiger partial charge >= 0.3 is 6.18 Å².